The molecule has 5 aromatic rings. The highest BCUT2D eigenvalue weighted by molar-refractivity contribution is 6.12. The van der Waals surface area contributed by atoms with Crippen molar-refractivity contribution in [1.82, 2.24) is 15.5 Å². The minimum atomic E-state index is -1.05. The second-order valence-corrected chi connectivity index (χ2v) is 9.98. The monoisotopic (exact) mass is 560 g/mol. The molecule has 8 nitrogen and oxygen atoms in total. The maximum Gasteiger partial charge on any atom is 0.404 e. The van der Waals surface area contributed by atoms with Crippen LogP contribution in [0.4, 0.5) is 10.5 Å². The molecular formula is C34H32N4O4. The van der Waals surface area contributed by atoms with Crippen molar-refractivity contribution in [2.45, 2.75) is 38.8 Å². The first-order valence-electron chi connectivity index (χ1n) is 13.9. The fraction of sp³-hybridized carbons (Fsp3) is 0.176. The highest BCUT2D eigenvalue weighted by Gasteiger charge is 2.22. The summed E-state index contributed by atoms with van der Waals surface area (Å²) in [5.41, 5.74) is 5.81. The molecule has 42 heavy (non-hydrogen) atoms. The van der Waals surface area contributed by atoms with Gasteiger partial charge in [0.15, 0.2) is 5.78 Å². The van der Waals surface area contributed by atoms with Gasteiger partial charge < -0.3 is 20.2 Å². The summed E-state index contributed by atoms with van der Waals surface area (Å²) in [6, 6.07) is 32.3. The van der Waals surface area contributed by atoms with E-state index in [0.717, 1.165) is 28.7 Å². The summed E-state index contributed by atoms with van der Waals surface area (Å²) < 4.78 is 6.04. The van der Waals surface area contributed by atoms with Crippen LogP contribution in [-0.4, -0.2) is 27.2 Å². The molecule has 0 radical (unpaired) electrons. The Morgan fingerprint density at radius 1 is 0.833 bits per heavy atom. The fourth-order valence-electron chi connectivity index (χ4n) is 4.77. The minimum absolute atomic E-state index is 0.0696. The number of aromatic nitrogens is 2. The molecule has 0 unspecified atom stereocenters. The number of nitrogens with zero attached hydrogens (tertiary/aromatic N) is 2. The van der Waals surface area contributed by atoms with E-state index in [0.29, 0.717) is 41.4 Å². The first-order valence-corrected chi connectivity index (χ1v) is 13.9. The van der Waals surface area contributed by atoms with E-state index in [4.69, 9.17) is 9.52 Å². The maximum absolute atomic E-state index is 13.4. The van der Waals surface area contributed by atoms with Crippen LogP contribution >= 0.6 is 0 Å². The van der Waals surface area contributed by atoms with Crippen LogP contribution in [0.2, 0.25) is 0 Å². The molecule has 0 spiro atoms. The number of para-hydroxylation sites is 1. The lowest BCUT2D eigenvalue weighted by Crippen LogP contribution is -2.19. The van der Waals surface area contributed by atoms with Crippen LogP contribution in [-0.2, 0) is 19.4 Å². The Morgan fingerprint density at radius 2 is 1.60 bits per heavy atom. The van der Waals surface area contributed by atoms with Crippen LogP contribution in [0.25, 0.3) is 11.1 Å². The van der Waals surface area contributed by atoms with Crippen molar-refractivity contribution in [2.75, 3.05) is 5.32 Å². The molecule has 1 amide bonds. The third-order valence-electron chi connectivity index (χ3n) is 6.88. The van der Waals surface area contributed by atoms with E-state index in [1.165, 1.54) is 0 Å². The second kappa shape index (κ2) is 13.4. The molecule has 0 aliphatic rings. The Hall–Kier alpha value is -5.24. The van der Waals surface area contributed by atoms with E-state index in [9.17, 15) is 9.59 Å². The van der Waals surface area contributed by atoms with Gasteiger partial charge in [-0.15, -0.1) is 10.2 Å². The number of benzene rings is 4. The zero-order valence-corrected chi connectivity index (χ0v) is 23.3. The van der Waals surface area contributed by atoms with Crippen LogP contribution < -0.4 is 10.6 Å². The van der Waals surface area contributed by atoms with Gasteiger partial charge >= 0.3 is 6.09 Å². The van der Waals surface area contributed by atoms with Crippen LogP contribution in [0.1, 0.15) is 58.2 Å². The van der Waals surface area contributed by atoms with Crippen molar-refractivity contribution in [2.24, 2.45) is 0 Å². The summed E-state index contributed by atoms with van der Waals surface area (Å²) in [6.07, 6.45) is 1.08. The first kappa shape index (κ1) is 28.3. The molecule has 0 saturated carbocycles. The molecule has 0 fully saturated rings. The van der Waals surface area contributed by atoms with Gasteiger partial charge in [-0.1, -0.05) is 91.9 Å². The molecule has 0 aliphatic carbocycles. The molecule has 1 heterocycles. The summed E-state index contributed by atoms with van der Waals surface area (Å²) in [6.45, 7) is 2.30. The minimum Gasteiger partial charge on any atom is -0.465 e. The molecule has 212 valence electrons. The molecule has 0 aliphatic heterocycles. The van der Waals surface area contributed by atoms with Crippen molar-refractivity contribution in [3.8, 4) is 11.1 Å². The van der Waals surface area contributed by atoms with Gasteiger partial charge in [0.05, 0.1) is 0 Å². The second-order valence-electron chi connectivity index (χ2n) is 9.98. The zero-order valence-electron chi connectivity index (χ0n) is 23.3. The lowest BCUT2D eigenvalue weighted by Gasteiger charge is -2.19. The molecule has 8 heteroatoms. The average molecular weight is 561 g/mol. The summed E-state index contributed by atoms with van der Waals surface area (Å²) in [7, 11) is 0. The summed E-state index contributed by atoms with van der Waals surface area (Å²) >= 11 is 0. The van der Waals surface area contributed by atoms with E-state index in [1.807, 2.05) is 91.0 Å². The number of carbonyl (C=O) groups excluding carboxylic acids is 1. The average Bonchev–Trinajstić information content (AvgIpc) is 3.49. The van der Waals surface area contributed by atoms with Crippen molar-refractivity contribution >= 4 is 17.6 Å². The molecule has 1 atom stereocenters. The van der Waals surface area contributed by atoms with Gasteiger partial charge in [0.2, 0.25) is 11.8 Å². The molecule has 0 saturated heterocycles. The Balaban J connectivity index is 1.40. The standard InChI is InChI=1S/C34H32N4O4/c1-2-9-31-37-38-33(42-31)30(36-29-15-7-6-14-28(29)32(39)26-11-4-3-5-12-26)21-23-16-18-25(19-17-23)27-13-8-10-24(20-27)22-35-34(40)41/h3-8,10-20,30,35-36H,2,9,21-22H2,1H3,(H,40,41)/t30-/m0/s1. The van der Waals surface area contributed by atoms with E-state index in [-0.39, 0.29) is 18.4 Å². The number of aryl methyl sites for hydroxylation is 1. The molecule has 3 N–H and O–H groups in total. The number of hydrogen-bond donors (Lipinski definition) is 3. The number of rotatable bonds is 12. The number of ketones is 1. The van der Waals surface area contributed by atoms with E-state index >= 15 is 0 Å². The largest absolute Gasteiger partial charge is 0.465 e. The SMILES string of the molecule is CCCc1nnc([C@H](Cc2ccc(-c3cccc(CNC(=O)O)c3)cc2)Nc2ccccc2C(=O)c2ccccc2)o1. The predicted molar refractivity (Wildman–Crippen MR) is 161 cm³/mol. The predicted octanol–water partition coefficient (Wildman–Crippen LogP) is 7.08. The van der Waals surface area contributed by atoms with E-state index < -0.39 is 6.09 Å². The molecular weight excluding hydrogens is 528 g/mol. The zero-order chi connectivity index (χ0) is 29.3. The van der Waals surface area contributed by atoms with Gasteiger partial charge in [0.25, 0.3) is 0 Å². The molecule has 4 aromatic carbocycles. The lowest BCUT2D eigenvalue weighted by atomic mass is 9.98. The van der Waals surface area contributed by atoms with Crippen LogP contribution in [0.5, 0.6) is 0 Å². The molecule has 1 aromatic heterocycles. The van der Waals surface area contributed by atoms with Crippen LogP contribution in [0, 0.1) is 0 Å². The lowest BCUT2D eigenvalue weighted by molar-refractivity contribution is 0.103. The van der Waals surface area contributed by atoms with Crippen molar-refractivity contribution < 1.29 is 19.1 Å². The number of amides is 1. The maximum atomic E-state index is 13.4. The normalized spacial score (nSPS) is 11.5. The third-order valence-corrected chi connectivity index (χ3v) is 6.88. The quantitative estimate of drug-likeness (QED) is 0.140. The Labute approximate surface area is 244 Å². The van der Waals surface area contributed by atoms with E-state index in [1.54, 1.807) is 0 Å². The van der Waals surface area contributed by atoms with Gasteiger partial charge in [-0.3, -0.25) is 4.79 Å². The van der Waals surface area contributed by atoms with Gasteiger partial charge in [0, 0.05) is 36.2 Å². The first-order chi connectivity index (χ1) is 20.5. The number of hydrogen-bond acceptors (Lipinski definition) is 6. The summed E-state index contributed by atoms with van der Waals surface area (Å²) in [5, 5.41) is 23.4. The third kappa shape index (κ3) is 7.09. The highest BCUT2D eigenvalue weighted by Crippen LogP contribution is 2.28. The number of nitrogens with one attached hydrogen (secondary N) is 2. The van der Waals surface area contributed by atoms with Gasteiger partial charge in [-0.05, 0) is 46.9 Å². The van der Waals surface area contributed by atoms with Gasteiger partial charge in [-0.2, -0.15) is 0 Å². The van der Waals surface area contributed by atoms with E-state index in [2.05, 4.69) is 39.9 Å². The van der Waals surface area contributed by atoms with Crippen LogP contribution in [0.15, 0.2) is 108 Å². The van der Waals surface area contributed by atoms with Crippen molar-refractivity contribution in [3.05, 3.63) is 137 Å². The summed E-state index contributed by atoms with van der Waals surface area (Å²) in [5.74, 6) is 0.975. The fourth-order valence-corrected chi connectivity index (χ4v) is 4.77. The topological polar surface area (TPSA) is 117 Å². The summed E-state index contributed by atoms with van der Waals surface area (Å²) in [4.78, 5) is 24.3. The van der Waals surface area contributed by atoms with Crippen molar-refractivity contribution in [1.29, 1.82) is 0 Å². The Kier molecular flexibility index (Phi) is 9.03. The van der Waals surface area contributed by atoms with Crippen LogP contribution in [0.3, 0.4) is 0 Å². The molecule has 0 bridgehead atoms. The Bertz CT molecular complexity index is 1650. The number of carboxylic acid groups (broad SMARTS) is 1. The smallest absolute Gasteiger partial charge is 0.404 e. The van der Waals surface area contributed by atoms with Gasteiger partial charge in [0.1, 0.15) is 6.04 Å². The molecule has 5 rings (SSSR count). The van der Waals surface area contributed by atoms with Gasteiger partial charge in [-0.25, -0.2) is 4.79 Å². The Morgan fingerprint density at radius 3 is 2.36 bits per heavy atom. The number of anilines is 1. The number of carbonyl (C=O) groups is 2. The van der Waals surface area contributed by atoms with Crippen molar-refractivity contribution in [3.63, 3.8) is 0 Å². The highest BCUT2D eigenvalue weighted by atomic mass is 16.4.